The minimum Gasteiger partial charge on any atom is -0.432 e. The van der Waals surface area contributed by atoms with Gasteiger partial charge in [-0.15, -0.1) is 11.3 Å². The highest BCUT2D eigenvalue weighted by atomic mass is 32.1. The van der Waals surface area contributed by atoms with Gasteiger partial charge in [0.05, 0.1) is 23.4 Å². The monoisotopic (exact) mass is 238 g/mol. The van der Waals surface area contributed by atoms with Crippen molar-refractivity contribution in [3.63, 3.8) is 0 Å². The van der Waals surface area contributed by atoms with Crippen LogP contribution in [0.15, 0.2) is 21.6 Å². The van der Waals surface area contributed by atoms with E-state index in [1.165, 1.54) is 0 Å². The number of aromatic nitrogens is 2. The lowest BCUT2D eigenvalue weighted by Gasteiger charge is -2.11. The van der Waals surface area contributed by atoms with Crippen LogP contribution in [-0.4, -0.2) is 24.1 Å². The van der Waals surface area contributed by atoms with Gasteiger partial charge < -0.3 is 14.6 Å². The van der Waals surface area contributed by atoms with Crippen molar-refractivity contribution in [3.8, 4) is 0 Å². The van der Waals surface area contributed by atoms with Gasteiger partial charge in [0.1, 0.15) is 6.26 Å². The Balaban J connectivity index is 2.00. The Morgan fingerprint density at radius 2 is 2.38 bits per heavy atom. The number of anilines is 1. The van der Waals surface area contributed by atoms with Gasteiger partial charge in [0.15, 0.2) is 0 Å². The van der Waals surface area contributed by atoms with Crippen LogP contribution in [0.5, 0.6) is 0 Å². The minimum absolute atomic E-state index is 0.623. The Bertz CT molecular complexity index is 426. The van der Waals surface area contributed by atoms with Crippen molar-refractivity contribution < 1.29 is 4.42 Å². The van der Waals surface area contributed by atoms with E-state index in [0.717, 1.165) is 11.4 Å². The van der Waals surface area contributed by atoms with Gasteiger partial charge in [-0.05, 0) is 7.05 Å². The Hall–Kier alpha value is -1.40. The van der Waals surface area contributed by atoms with Gasteiger partial charge in [-0.2, -0.15) is 4.98 Å². The van der Waals surface area contributed by atoms with Gasteiger partial charge in [-0.3, -0.25) is 0 Å². The molecular formula is C10H14N4OS. The van der Waals surface area contributed by atoms with Crippen molar-refractivity contribution in [1.29, 1.82) is 0 Å². The Morgan fingerprint density at radius 1 is 1.50 bits per heavy atom. The Kier molecular flexibility index (Phi) is 3.53. The highest BCUT2D eigenvalue weighted by Crippen LogP contribution is 2.14. The highest BCUT2D eigenvalue weighted by molar-refractivity contribution is 7.07. The molecule has 0 spiro atoms. The van der Waals surface area contributed by atoms with Gasteiger partial charge in [0.2, 0.25) is 0 Å². The van der Waals surface area contributed by atoms with Crippen LogP contribution in [0.1, 0.15) is 11.4 Å². The van der Waals surface area contributed by atoms with Gasteiger partial charge in [-0.1, -0.05) is 0 Å². The topological polar surface area (TPSA) is 54.2 Å². The second-order valence-corrected chi connectivity index (χ2v) is 4.21. The molecule has 0 radical (unpaired) electrons. The van der Waals surface area contributed by atoms with Crippen LogP contribution in [0.2, 0.25) is 0 Å². The normalized spacial score (nSPS) is 10.6. The van der Waals surface area contributed by atoms with E-state index < -0.39 is 0 Å². The maximum atomic E-state index is 5.38. The summed E-state index contributed by atoms with van der Waals surface area (Å²) in [6, 6.07) is 0.623. The van der Waals surface area contributed by atoms with E-state index >= 15 is 0 Å². The fraction of sp³-hybridized carbons (Fsp3) is 0.400. The lowest BCUT2D eigenvalue weighted by Crippen LogP contribution is -2.17. The summed E-state index contributed by atoms with van der Waals surface area (Å²) in [6.45, 7) is 1.43. The zero-order valence-corrected chi connectivity index (χ0v) is 10.1. The number of thiazole rings is 1. The third kappa shape index (κ3) is 2.59. The van der Waals surface area contributed by atoms with Crippen molar-refractivity contribution in [2.45, 2.75) is 13.1 Å². The third-order valence-electron chi connectivity index (χ3n) is 2.11. The second-order valence-electron chi connectivity index (χ2n) is 3.49. The Labute approximate surface area is 98.1 Å². The molecule has 86 valence electrons. The van der Waals surface area contributed by atoms with E-state index in [1.807, 2.05) is 29.9 Å². The summed E-state index contributed by atoms with van der Waals surface area (Å²) in [4.78, 5) is 10.5. The standard InChI is InChI=1S/C10H14N4OS/c1-11-3-8-5-15-10(13-8)14(2)4-9-6-16-7-12-9/h5-7,11H,3-4H2,1-2H3. The lowest BCUT2D eigenvalue weighted by molar-refractivity contribution is 0.542. The molecule has 0 saturated carbocycles. The molecule has 0 aliphatic rings. The number of hydrogen-bond donors (Lipinski definition) is 1. The lowest BCUT2D eigenvalue weighted by atomic mass is 10.4. The fourth-order valence-electron chi connectivity index (χ4n) is 1.36. The molecule has 0 saturated heterocycles. The minimum atomic E-state index is 0.623. The predicted octanol–water partition coefficient (Wildman–Crippen LogP) is 1.49. The van der Waals surface area contributed by atoms with Crippen molar-refractivity contribution in [1.82, 2.24) is 15.3 Å². The number of oxazole rings is 1. The molecule has 6 heteroatoms. The van der Waals surface area contributed by atoms with Crippen LogP contribution in [0.4, 0.5) is 6.01 Å². The fourth-order valence-corrected chi connectivity index (χ4v) is 1.91. The van der Waals surface area contributed by atoms with Crippen molar-refractivity contribution >= 4 is 17.4 Å². The van der Waals surface area contributed by atoms with E-state index in [0.29, 0.717) is 19.1 Å². The van der Waals surface area contributed by atoms with Gasteiger partial charge in [0, 0.05) is 19.0 Å². The van der Waals surface area contributed by atoms with Crippen molar-refractivity contribution in [2.75, 3.05) is 19.0 Å². The first-order valence-electron chi connectivity index (χ1n) is 4.97. The number of nitrogens with zero attached hydrogens (tertiary/aromatic N) is 3. The molecule has 16 heavy (non-hydrogen) atoms. The summed E-state index contributed by atoms with van der Waals surface area (Å²) >= 11 is 1.59. The first kappa shape index (κ1) is 11.1. The summed E-state index contributed by atoms with van der Waals surface area (Å²) in [5.41, 5.74) is 3.76. The average molecular weight is 238 g/mol. The number of nitrogens with one attached hydrogen (secondary N) is 1. The summed E-state index contributed by atoms with van der Waals surface area (Å²) in [7, 11) is 3.82. The van der Waals surface area contributed by atoms with Crippen LogP contribution in [0, 0.1) is 0 Å². The first-order chi connectivity index (χ1) is 7.79. The predicted molar refractivity (Wildman–Crippen MR) is 63.5 cm³/mol. The molecule has 5 nitrogen and oxygen atoms in total. The molecule has 0 aromatic carbocycles. The molecule has 2 rings (SSSR count). The van der Waals surface area contributed by atoms with Crippen molar-refractivity contribution in [3.05, 3.63) is 28.5 Å². The maximum Gasteiger partial charge on any atom is 0.297 e. The highest BCUT2D eigenvalue weighted by Gasteiger charge is 2.09. The molecule has 1 N–H and O–H groups in total. The Morgan fingerprint density at radius 3 is 3.06 bits per heavy atom. The maximum absolute atomic E-state index is 5.38. The van der Waals surface area contributed by atoms with E-state index in [-0.39, 0.29) is 0 Å². The molecule has 0 atom stereocenters. The van der Waals surface area contributed by atoms with Crippen LogP contribution in [0.3, 0.4) is 0 Å². The summed E-state index contributed by atoms with van der Waals surface area (Å²) in [5, 5.41) is 5.05. The van der Waals surface area contributed by atoms with Crippen molar-refractivity contribution in [2.24, 2.45) is 0 Å². The average Bonchev–Trinajstić information content (AvgIpc) is 2.89. The molecule has 0 aliphatic carbocycles. The summed E-state index contributed by atoms with van der Waals surface area (Å²) < 4.78 is 5.38. The summed E-state index contributed by atoms with van der Waals surface area (Å²) in [5.74, 6) is 0. The smallest absolute Gasteiger partial charge is 0.297 e. The van der Waals surface area contributed by atoms with E-state index in [2.05, 4.69) is 15.3 Å². The van der Waals surface area contributed by atoms with Crippen LogP contribution in [-0.2, 0) is 13.1 Å². The van der Waals surface area contributed by atoms with E-state index in [4.69, 9.17) is 4.42 Å². The molecule has 0 amide bonds. The van der Waals surface area contributed by atoms with Gasteiger partial charge in [-0.25, -0.2) is 4.98 Å². The quantitative estimate of drug-likeness (QED) is 0.855. The third-order valence-corrected chi connectivity index (χ3v) is 2.74. The molecule has 0 fully saturated rings. The first-order valence-corrected chi connectivity index (χ1v) is 5.91. The molecular weight excluding hydrogens is 224 g/mol. The van der Waals surface area contributed by atoms with E-state index in [9.17, 15) is 0 Å². The largest absolute Gasteiger partial charge is 0.432 e. The van der Waals surface area contributed by atoms with Crippen LogP contribution >= 0.6 is 11.3 Å². The number of rotatable bonds is 5. The number of hydrogen-bond acceptors (Lipinski definition) is 6. The molecule has 0 bridgehead atoms. The van der Waals surface area contributed by atoms with E-state index in [1.54, 1.807) is 17.6 Å². The molecule has 0 unspecified atom stereocenters. The second kappa shape index (κ2) is 5.09. The zero-order valence-electron chi connectivity index (χ0n) is 9.30. The molecule has 0 aliphatic heterocycles. The van der Waals surface area contributed by atoms with Gasteiger partial charge in [0.25, 0.3) is 6.01 Å². The molecule has 2 aromatic rings. The molecule has 2 heterocycles. The molecule has 2 aromatic heterocycles. The van der Waals surface area contributed by atoms with Crippen LogP contribution < -0.4 is 10.2 Å². The SMILES string of the molecule is CNCc1coc(N(C)Cc2cscn2)n1. The van der Waals surface area contributed by atoms with Crippen LogP contribution in [0.25, 0.3) is 0 Å². The zero-order chi connectivity index (χ0) is 11.4. The summed E-state index contributed by atoms with van der Waals surface area (Å²) in [6.07, 6.45) is 1.67. The van der Waals surface area contributed by atoms with Gasteiger partial charge >= 0.3 is 0 Å².